The van der Waals surface area contributed by atoms with Gasteiger partial charge in [0, 0.05) is 41.9 Å². The Morgan fingerprint density at radius 1 is 1.22 bits per heavy atom. The van der Waals surface area contributed by atoms with E-state index in [-0.39, 0.29) is 30.1 Å². The second-order valence-corrected chi connectivity index (χ2v) is 8.72. The van der Waals surface area contributed by atoms with E-state index in [0.717, 1.165) is 37.0 Å². The number of anilines is 1. The maximum atomic E-state index is 12.9. The summed E-state index contributed by atoms with van der Waals surface area (Å²) in [6.45, 7) is 0.760. The van der Waals surface area contributed by atoms with Crippen LogP contribution in [0.5, 0.6) is 5.75 Å². The molecule has 2 aliphatic rings. The number of rotatable bonds is 6. The highest BCUT2D eigenvalue weighted by Crippen LogP contribution is 2.50. The van der Waals surface area contributed by atoms with E-state index in [0.29, 0.717) is 18.7 Å². The van der Waals surface area contributed by atoms with Crippen LogP contribution in [0.25, 0.3) is 0 Å². The first-order valence-corrected chi connectivity index (χ1v) is 11.0. The lowest BCUT2D eigenvalue weighted by atomic mass is 9.66. The SMILES string of the molecule is COc1ccccc1[C@H]1[C@@H]2CCCC[C@]2(O)CCN1CC(=O)Nc1ccc([N+](=O)[O-])cc1. The zero-order valence-electron chi connectivity index (χ0n) is 18.2. The third kappa shape index (κ3) is 4.47. The number of benzene rings is 2. The van der Waals surface area contributed by atoms with Crippen LogP contribution in [0.3, 0.4) is 0 Å². The predicted molar refractivity (Wildman–Crippen MR) is 121 cm³/mol. The number of piperidine rings is 1. The van der Waals surface area contributed by atoms with Crippen LogP contribution in [0, 0.1) is 16.0 Å². The van der Waals surface area contributed by atoms with Crippen molar-refractivity contribution in [2.45, 2.75) is 43.7 Å². The molecule has 0 unspecified atom stereocenters. The Bertz CT molecular complexity index is 980. The molecule has 4 rings (SSSR count). The summed E-state index contributed by atoms with van der Waals surface area (Å²) in [6.07, 6.45) is 4.40. The highest BCUT2D eigenvalue weighted by Gasteiger charge is 2.49. The van der Waals surface area contributed by atoms with Crippen molar-refractivity contribution in [2.24, 2.45) is 5.92 Å². The molecule has 2 aromatic rings. The van der Waals surface area contributed by atoms with Crippen molar-refractivity contribution in [3.05, 3.63) is 64.2 Å². The number of ether oxygens (including phenoxy) is 1. The number of methoxy groups -OCH3 is 1. The van der Waals surface area contributed by atoms with Gasteiger partial charge in [-0.05, 0) is 37.5 Å². The zero-order valence-corrected chi connectivity index (χ0v) is 18.2. The normalized spacial score (nSPS) is 25.6. The fourth-order valence-corrected chi connectivity index (χ4v) is 5.30. The number of nitro groups is 1. The van der Waals surface area contributed by atoms with Gasteiger partial charge in [-0.15, -0.1) is 0 Å². The number of carbonyl (C=O) groups excluding carboxylic acids is 1. The van der Waals surface area contributed by atoms with Gasteiger partial charge in [0.05, 0.1) is 24.2 Å². The van der Waals surface area contributed by atoms with Gasteiger partial charge in [-0.2, -0.15) is 0 Å². The number of fused-ring (bicyclic) bond motifs is 1. The van der Waals surface area contributed by atoms with Crippen molar-refractivity contribution in [1.82, 2.24) is 4.90 Å². The molecule has 1 saturated heterocycles. The fourth-order valence-electron chi connectivity index (χ4n) is 5.30. The summed E-state index contributed by atoms with van der Waals surface area (Å²) >= 11 is 0. The molecule has 0 bridgehead atoms. The molecule has 0 radical (unpaired) electrons. The summed E-state index contributed by atoms with van der Waals surface area (Å²) in [6, 6.07) is 13.5. The van der Waals surface area contributed by atoms with E-state index in [4.69, 9.17) is 4.74 Å². The Labute approximate surface area is 187 Å². The maximum absolute atomic E-state index is 12.9. The van der Waals surface area contributed by atoms with Crippen LogP contribution in [0.4, 0.5) is 11.4 Å². The monoisotopic (exact) mass is 439 g/mol. The van der Waals surface area contributed by atoms with Crippen LogP contribution in [-0.2, 0) is 4.79 Å². The number of nitrogens with zero attached hydrogens (tertiary/aromatic N) is 2. The Kier molecular flexibility index (Phi) is 6.43. The first-order valence-electron chi connectivity index (χ1n) is 11.0. The molecular formula is C24H29N3O5. The van der Waals surface area contributed by atoms with Gasteiger partial charge in [0.1, 0.15) is 5.75 Å². The van der Waals surface area contributed by atoms with E-state index in [9.17, 15) is 20.0 Å². The second-order valence-electron chi connectivity index (χ2n) is 8.72. The standard InChI is InChI=1S/C24H29N3O5/c1-32-21-8-3-2-6-19(21)23-20-7-4-5-13-24(20,29)14-15-26(23)16-22(28)25-17-9-11-18(12-10-17)27(30)31/h2-3,6,8-12,20,23,29H,4-5,7,13-16H2,1H3,(H,25,28)/t20-,23-,24-/m0/s1. The van der Waals surface area contributed by atoms with Crippen molar-refractivity contribution in [2.75, 3.05) is 25.5 Å². The summed E-state index contributed by atoms with van der Waals surface area (Å²) < 4.78 is 5.63. The van der Waals surface area contributed by atoms with Crippen LogP contribution in [0.2, 0.25) is 0 Å². The number of amides is 1. The minimum atomic E-state index is -0.727. The van der Waals surface area contributed by atoms with Gasteiger partial charge in [-0.3, -0.25) is 19.8 Å². The van der Waals surface area contributed by atoms with Crippen molar-refractivity contribution >= 4 is 17.3 Å². The fraction of sp³-hybridized carbons (Fsp3) is 0.458. The molecule has 0 aromatic heterocycles. The maximum Gasteiger partial charge on any atom is 0.269 e. The zero-order chi connectivity index (χ0) is 22.7. The van der Waals surface area contributed by atoms with Gasteiger partial charge < -0.3 is 15.2 Å². The number of non-ortho nitro benzene ring substituents is 1. The number of hydrogen-bond acceptors (Lipinski definition) is 6. The van der Waals surface area contributed by atoms with Gasteiger partial charge in [0.25, 0.3) is 5.69 Å². The van der Waals surface area contributed by atoms with Crippen molar-refractivity contribution in [3.8, 4) is 5.75 Å². The first kappa shape index (κ1) is 22.2. The molecule has 2 N–H and O–H groups in total. The van der Waals surface area contributed by atoms with Gasteiger partial charge in [-0.1, -0.05) is 31.0 Å². The number of nitrogens with one attached hydrogen (secondary N) is 1. The summed E-state index contributed by atoms with van der Waals surface area (Å²) in [5.74, 6) is 0.585. The van der Waals surface area contributed by atoms with Crippen LogP contribution in [0.15, 0.2) is 48.5 Å². The molecule has 2 fully saturated rings. The molecule has 1 heterocycles. The lowest BCUT2D eigenvalue weighted by molar-refractivity contribution is -0.384. The van der Waals surface area contributed by atoms with E-state index >= 15 is 0 Å². The number of likely N-dealkylation sites (tertiary alicyclic amines) is 1. The van der Waals surface area contributed by atoms with Gasteiger partial charge >= 0.3 is 0 Å². The molecule has 1 aliphatic heterocycles. The van der Waals surface area contributed by atoms with Crippen molar-refractivity contribution < 1.29 is 19.6 Å². The van der Waals surface area contributed by atoms with Crippen LogP contribution in [-0.4, -0.2) is 46.6 Å². The van der Waals surface area contributed by atoms with E-state index in [1.54, 1.807) is 7.11 Å². The van der Waals surface area contributed by atoms with Gasteiger partial charge in [0.15, 0.2) is 0 Å². The topological polar surface area (TPSA) is 105 Å². The quantitative estimate of drug-likeness (QED) is 0.522. The lowest BCUT2D eigenvalue weighted by Crippen LogP contribution is -2.56. The minimum absolute atomic E-state index is 0.0214. The summed E-state index contributed by atoms with van der Waals surface area (Å²) in [4.78, 5) is 25.4. The molecular weight excluding hydrogens is 410 g/mol. The molecule has 0 spiro atoms. The summed E-state index contributed by atoms with van der Waals surface area (Å²) in [5.41, 5.74) is 0.755. The molecule has 8 heteroatoms. The van der Waals surface area contributed by atoms with Crippen molar-refractivity contribution in [1.29, 1.82) is 0 Å². The van der Waals surface area contributed by atoms with E-state index in [1.807, 2.05) is 24.3 Å². The molecule has 3 atom stereocenters. The molecule has 8 nitrogen and oxygen atoms in total. The Balaban J connectivity index is 1.57. The lowest BCUT2D eigenvalue weighted by Gasteiger charge is -2.52. The first-order chi connectivity index (χ1) is 15.4. The summed E-state index contributed by atoms with van der Waals surface area (Å²) in [7, 11) is 1.64. The Morgan fingerprint density at radius 2 is 1.97 bits per heavy atom. The number of hydrogen-bond donors (Lipinski definition) is 2. The number of aliphatic hydroxyl groups is 1. The Morgan fingerprint density at radius 3 is 2.69 bits per heavy atom. The number of para-hydroxylation sites is 1. The number of nitro benzene ring substituents is 1. The van der Waals surface area contributed by atoms with Crippen LogP contribution < -0.4 is 10.1 Å². The van der Waals surface area contributed by atoms with Gasteiger partial charge in [0.2, 0.25) is 5.91 Å². The molecule has 32 heavy (non-hydrogen) atoms. The molecule has 1 amide bonds. The number of carbonyl (C=O) groups is 1. The van der Waals surface area contributed by atoms with E-state index < -0.39 is 10.5 Å². The largest absolute Gasteiger partial charge is 0.496 e. The predicted octanol–water partition coefficient (Wildman–Crippen LogP) is 3.91. The highest BCUT2D eigenvalue weighted by molar-refractivity contribution is 5.92. The molecule has 2 aromatic carbocycles. The Hall–Kier alpha value is -2.97. The highest BCUT2D eigenvalue weighted by atomic mass is 16.6. The van der Waals surface area contributed by atoms with Crippen LogP contribution >= 0.6 is 0 Å². The summed E-state index contributed by atoms with van der Waals surface area (Å²) in [5, 5.41) is 25.1. The van der Waals surface area contributed by atoms with Crippen LogP contribution in [0.1, 0.15) is 43.7 Å². The minimum Gasteiger partial charge on any atom is -0.496 e. The average Bonchev–Trinajstić information content (AvgIpc) is 2.79. The molecule has 170 valence electrons. The smallest absolute Gasteiger partial charge is 0.269 e. The average molecular weight is 440 g/mol. The van der Waals surface area contributed by atoms with E-state index in [2.05, 4.69) is 10.2 Å². The van der Waals surface area contributed by atoms with E-state index in [1.165, 1.54) is 24.3 Å². The van der Waals surface area contributed by atoms with Crippen molar-refractivity contribution in [3.63, 3.8) is 0 Å². The second kappa shape index (κ2) is 9.26. The van der Waals surface area contributed by atoms with Gasteiger partial charge in [-0.25, -0.2) is 0 Å². The molecule has 1 aliphatic carbocycles. The third-order valence-corrected chi connectivity index (χ3v) is 6.84. The molecule has 1 saturated carbocycles. The third-order valence-electron chi connectivity index (χ3n) is 6.84.